The fourth-order valence-corrected chi connectivity index (χ4v) is 4.00. The lowest BCUT2D eigenvalue weighted by atomic mass is 10.2. The summed E-state index contributed by atoms with van der Waals surface area (Å²) in [6, 6.07) is 17.9. The summed E-state index contributed by atoms with van der Waals surface area (Å²) in [4.78, 5) is 29.4. The Bertz CT molecular complexity index is 1130. The minimum atomic E-state index is 0.144. The van der Waals surface area contributed by atoms with Gasteiger partial charge in [-0.25, -0.2) is 9.97 Å². The van der Waals surface area contributed by atoms with Crippen molar-refractivity contribution in [1.29, 1.82) is 0 Å². The van der Waals surface area contributed by atoms with Crippen LogP contribution in [0.2, 0.25) is 0 Å². The van der Waals surface area contributed by atoms with E-state index in [1.165, 1.54) is 0 Å². The van der Waals surface area contributed by atoms with Crippen LogP contribution in [0.3, 0.4) is 0 Å². The Morgan fingerprint density at radius 1 is 1.00 bits per heavy atom. The lowest BCUT2D eigenvalue weighted by molar-refractivity contribution is -0.131. The van der Waals surface area contributed by atoms with Crippen LogP contribution in [0, 0.1) is 0 Å². The molecule has 0 saturated carbocycles. The highest BCUT2D eigenvalue weighted by Crippen LogP contribution is 2.21. The molecule has 2 aromatic heterocycles. The van der Waals surface area contributed by atoms with Crippen LogP contribution in [0.1, 0.15) is 18.7 Å². The monoisotopic (exact) mass is 415 g/mol. The van der Waals surface area contributed by atoms with E-state index in [9.17, 15) is 4.79 Å². The third-order valence-corrected chi connectivity index (χ3v) is 5.69. The van der Waals surface area contributed by atoms with E-state index in [1.54, 1.807) is 6.20 Å². The predicted molar refractivity (Wildman–Crippen MR) is 120 cm³/mol. The minimum Gasteiger partial charge on any atom is -0.441 e. The standard InChI is InChI=1S/C24H25N5O2/c30-23(12-11-22-25-17-21(31-22)18-7-2-1-3-8-18)28-13-6-14-29(16-15-28)24-26-19-9-4-5-10-20(19)27-24/h1-5,7-10,17H,6,11-16H2,(H,26,27). The average molecular weight is 415 g/mol. The maximum Gasteiger partial charge on any atom is 0.223 e. The van der Waals surface area contributed by atoms with E-state index in [2.05, 4.69) is 14.9 Å². The van der Waals surface area contributed by atoms with Crippen molar-refractivity contribution in [1.82, 2.24) is 19.9 Å². The average Bonchev–Trinajstić information content (AvgIpc) is 3.39. The van der Waals surface area contributed by atoms with Crippen molar-refractivity contribution in [3.05, 3.63) is 66.7 Å². The molecular weight excluding hydrogens is 390 g/mol. The first kappa shape index (κ1) is 19.4. The largest absolute Gasteiger partial charge is 0.441 e. The number of oxazole rings is 1. The summed E-state index contributed by atoms with van der Waals surface area (Å²) in [5.74, 6) is 2.36. The van der Waals surface area contributed by atoms with Crippen LogP contribution >= 0.6 is 0 Å². The summed E-state index contributed by atoms with van der Waals surface area (Å²) in [6.45, 7) is 3.10. The van der Waals surface area contributed by atoms with Crippen molar-refractivity contribution in [2.24, 2.45) is 0 Å². The molecule has 7 nitrogen and oxygen atoms in total. The molecule has 0 radical (unpaired) electrons. The molecule has 1 fully saturated rings. The zero-order chi connectivity index (χ0) is 21.0. The summed E-state index contributed by atoms with van der Waals surface area (Å²) in [6.07, 6.45) is 3.56. The van der Waals surface area contributed by atoms with Gasteiger partial charge in [-0.15, -0.1) is 0 Å². The van der Waals surface area contributed by atoms with E-state index in [1.807, 2.05) is 59.5 Å². The van der Waals surface area contributed by atoms with Crippen molar-refractivity contribution in [2.45, 2.75) is 19.3 Å². The van der Waals surface area contributed by atoms with E-state index in [-0.39, 0.29) is 5.91 Å². The summed E-state index contributed by atoms with van der Waals surface area (Å²) in [5, 5.41) is 0. The van der Waals surface area contributed by atoms with E-state index in [0.29, 0.717) is 25.3 Å². The summed E-state index contributed by atoms with van der Waals surface area (Å²) >= 11 is 0. The SMILES string of the molecule is O=C(CCc1ncc(-c2ccccc2)o1)N1CCCN(c2nc3ccccc3[nH]2)CC1. The van der Waals surface area contributed by atoms with Gasteiger partial charge < -0.3 is 19.2 Å². The number of para-hydroxylation sites is 2. The first-order chi connectivity index (χ1) is 15.3. The Labute approximate surface area is 180 Å². The number of hydrogen-bond donors (Lipinski definition) is 1. The summed E-state index contributed by atoms with van der Waals surface area (Å²) in [7, 11) is 0. The molecule has 31 heavy (non-hydrogen) atoms. The second kappa shape index (κ2) is 8.63. The molecule has 1 aliphatic rings. The van der Waals surface area contributed by atoms with Crippen molar-refractivity contribution in [3.8, 4) is 11.3 Å². The van der Waals surface area contributed by atoms with Crippen molar-refractivity contribution >= 4 is 22.9 Å². The number of carbonyl (C=O) groups is 1. The molecule has 4 aromatic rings. The van der Waals surface area contributed by atoms with Gasteiger partial charge in [0.2, 0.25) is 11.9 Å². The molecule has 3 heterocycles. The molecule has 5 rings (SSSR count). The first-order valence-corrected chi connectivity index (χ1v) is 10.7. The molecule has 2 aromatic carbocycles. The van der Waals surface area contributed by atoms with Gasteiger partial charge >= 0.3 is 0 Å². The molecule has 0 atom stereocenters. The Kier molecular flexibility index (Phi) is 5.39. The number of aromatic nitrogens is 3. The highest BCUT2D eigenvalue weighted by molar-refractivity contribution is 5.78. The minimum absolute atomic E-state index is 0.144. The number of rotatable bonds is 5. The Morgan fingerprint density at radius 2 is 1.84 bits per heavy atom. The van der Waals surface area contributed by atoms with E-state index in [4.69, 9.17) is 9.40 Å². The number of carbonyl (C=O) groups excluding carboxylic acids is 1. The molecule has 0 unspecified atom stereocenters. The van der Waals surface area contributed by atoms with Crippen LogP contribution in [0.5, 0.6) is 0 Å². The Morgan fingerprint density at radius 3 is 2.71 bits per heavy atom. The van der Waals surface area contributed by atoms with Crippen LogP contribution in [-0.4, -0.2) is 51.9 Å². The van der Waals surface area contributed by atoms with Crippen LogP contribution < -0.4 is 4.90 Å². The van der Waals surface area contributed by atoms with Crippen LogP contribution in [0.15, 0.2) is 65.2 Å². The fourth-order valence-electron chi connectivity index (χ4n) is 4.00. The predicted octanol–water partition coefficient (Wildman–Crippen LogP) is 3.89. The quantitative estimate of drug-likeness (QED) is 0.535. The van der Waals surface area contributed by atoms with Crippen LogP contribution in [-0.2, 0) is 11.2 Å². The van der Waals surface area contributed by atoms with Gasteiger partial charge in [-0.1, -0.05) is 42.5 Å². The van der Waals surface area contributed by atoms with Crippen LogP contribution in [0.25, 0.3) is 22.4 Å². The second-order valence-corrected chi connectivity index (χ2v) is 7.78. The molecule has 7 heteroatoms. The zero-order valence-corrected chi connectivity index (χ0v) is 17.3. The van der Waals surface area contributed by atoms with E-state index in [0.717, 1.165) is 54.4 Å². The number of aryl methyl sites for hydroxylation is 1. The number of imidazole rings is 1. The van der Waals surface area contributed by atoms with Crippen molar-refractivity contribution in [2.75, 3.05) is 31.1 Å². The number of anilines is 1. The smallest absolute Gasteiger partial charge is 0.223 e. The lowest BCUT2D eigenvalue weighted by Crippen LogP contribution is -2.35. The third kappa shape index (κ3) is 4.30. The normalized spacial score (nSPS) is 14.7. The third-order valence-electron chi connectivity index (χ3n) is 5.69. The fraction of sp³-hybridized carbons (Fsp3) is 0.292. The number of fused-ring (bicyclic) bond motifs is 1. The molecule has 1 aliphatic heterocycles. The van der Waals surface area contributed by atoms with Crippen LogP contribution in [0.4, 0.5) is 5.95 Å². The van der Waals surface area contributed by atoms with Gasteiger partial charge in [0.25, 0.3) is 0 Å². The van der Waals surface area contributed by atoms with Gasteiger partial charge in [0, 0.05) is 44.6 Å². The number of benzene rings is 2. The topological polar surface area (TPSA) is 78.3 Å². The molecule has 1 amide bonds. The number of amides is 1. The number of hydrogen-bond acceptors (Lipinski definition) is 5. The molecule has 158 valence electrons. The molecule has 1 N–H and O–H groups in total. The molecule has 1 saturated heterocycles. The van der Waals surface area contributed by atoms with Gasteiger partial charge in [-0.3, -0.25) is 4.79 Å². The molecular formula is C24H25N5O2. The lowest BCUT2D eigenvalue weighted by Gasteiger charge is -2.21. The van der Waals surface area contributed by atoms with Crippen molar-refractivity contribution < 1.29 is 9.21 Å². The van der Waals surface area contributed by atoms with Gasteiger partial charge in [-0.2, -0.15) is 0 Å². The highest BCUT2D eigenvalue weighted by atomic mass is 16.4. The van der Waals surface area contributed by atoms with Gasteiger partial charge in [0.1, 0.15) is 0 Å². The molecule has 0 bridgehead atoms. The summed E-state index contributed by atoms with van der Waals surface area (Å²) in [5.41, 5.74) is 3.00. The number of H-pyrrole nitrogens is 1. The van der Waals surface area contributed by atoms with Gasteiger partial charge in [0.05, 0.1) is 17.2 Å². The zero-order valence-electron chi connectivity index (χ0n) is 17.3. The van der Waals surface area contributed by atoms with E-state index >= 15 is 0 Å². The van der Waals surface area contributed by atoms with E-state index < -0.39 is 0 Å². The number of nitrogens with one attached hydrogen (secondary N) is 1. The molecule has 0 spiro atoms. The van der Waals surface area contributed by atoms with Crippen molar-refractivity contribution in [3.63, 3.8) is 0 Å². The van der Waals surface area contributed by atoms with Gasteiger partial charge in [0.15, 0.2) is 11.7 Å². The Hall–Kier alpha value is -3.61. The number of nitrogens with zero attached hydrogens (tertiary/aromatic N) is 4. The second-order valence-electron chi connectivity index (χ2n) is 7.78. The molecule has 0 aliphatic carbocycles. The maximum atomic E-state index is 12.8. The first-order valence-electron chi connectivity index (χ1n) is 10.7. The maximum absolute atomic E-state index is 12.8. The summed E-state index contributed by atoms with van der Waals surface area (Å²) < 4.78 is 5.83. The highest BCUT2D eigenvalue weighted by Gasteiger charge is 2.21. The van der Waals surface area contributed by atoms with Gasteiger partial charge in [-0.05, 0) is 18.6 Å². The number of aromatic amines is 1. The Balaban J connectivity index is 1.17.